The summed E-state index contributed by atoms with van der Waals surface area (Å²) in [4.78, 5) is 26.6. The van der Waals surface area contributed by atoms with E-state index < -0.39 is 17.2 Å². The summed E-state index contributed by atoms with van der Waals surface area (Å²) in [6.07, 6.45) is 1.33. The maximum absolute atomic E-state index is 13.9. The van der Waals surface area contributed by atoms with Gasteiger partial charge in [-0.3, -0.25) is 9.59 Å². The summed E-state index contributed by atoms with van der Waals surface area (Å²) in [5.74, 6) is -2.46. The molecular weight excluding hydrogens is 342 g/mol. The Labute approximate surface area is 148 Å². The summed E-state index contributed by atoms with van der Waals surface area (Å²) < 4.78 is 27.2. The van der Waals surface area contributed by atoms with Crippen molar-refractivity contribution in [1.82, 2.24) is 15.6 Å². The highest BCUT2D eigenvalue weighted by Crippen LogP contribution is 2.18. The highest BCUT2D eigenvalue weighted by Gasteiger charge is 2.20. The standard InChI is InChI=1S/C18H18F2N4O2/c19-14-3-4-15-13(17(14)20)5-11(18(26)24-15)6-16(25)23-9-12-2-1-10(7-21)8-22-12/h3-5,10,12,22H,1-2,6,8-9H2,(H,23,25)(H,24,26). The van der Waals surface area contributed by atoms with Gasteiger partial charge in [0.1, 0.15) is 0 Å². The van der Waals surface area contributed by atoms with Crippen molar-refractivity contribution >= 4 is 16.8 Å². The van der Waals surface area contributed by atoms with Crippen LogP contribution in [-0.4, -0.2) is 30.0 Å². The molecule has 1 saturated heterocycles. The molecule has 0 radical (unpaired) electrons. The van der Waals surface area contributed by atoms with Crippen molar-refractivity contribution < 1.29 is 13.6 Å². The van der Waals surface area contributed by atoms with E-state index in [2.05, 4.69) is 21.7 Å². The van der Waals surface area contributed by atoms with Crippen LogP contribution in [0.25, 0.3) is 10.9 Å². The summed E-state index contributed by atoms with van der Waals surface area (Å²) in [5, 5.41) is 14.7. The molecule has 2 heterocycles. The van der Waals surface area contributed by atoms with E-state index in [0.717, 1.165) is 18.9 Å². The molecule has 3 N–H and O–H groups in total. The number of halogens is 2. The third-order valence-electron chi connectivity index (χ3n) is 4.59. The molecule has 0 bridgehead atoms. The van der Waals surface area contributed by atoms with Gasteiger partial charge in [0.05, 0.1) is 23.9 Å². The quantitative estimate of drug-likeness (QED) is 0.767. The van der Waals surface area contributed by atoms with E-state index in [9.17, 15) is 18.4 Å². The number of rotatable bonds is 4. The molecule has 0 saturated carbocycles. The van der Waals surface area contributed by atoms with Crippen LogP contribution in [0.15, 0.2) is 23.0 Å². The average molecular weight is 360 g/mol. The predicted octanol–water partition coefficient (Wildman–Crippen LogP) is 1.36. The molecule has 2 aromatic rings. The smallest absolute Gasteiger partial charge is 0.252 e. The Hall–Kier alpha value is -2.79. The zero-order valence-electron chi connectivity index (χ0n) is 13.9. The number of hydrogen-bond donors (Lipinski definition) is 3. The first-order valence-electron chi connectivity index (χ1n) is 8.37. The van der Waals surface area contributed by atoms with Crippen LogP contribution in [0, 0.1) is 28.9 Å². The second kappa shape index (κ2) is 7.62. The summed E-state index contributed by atoms with van der Waals surface area (Å²) in [6, 6.07) is 5.71. The van der Waals surface area contributed by atoms with Gasteiger partial charge in [0.2, 0.25) is 5.91 Å². The third-order valence-corrected chi connectivity index (χ3v) is 4.59. The largest absolute Gasteiger partial charge is 0.354 e. The number of fused-ring (bicyclic) bond motifs is 1. The molecule has 6 nitrogen and oxygen atoms in total. The first kappa shape index (κ1) is 18.0. The third kappa shape index (κ3) is 3.89. The molecule has 1 aliphatic rings. The van der Waals surface area contributed by atoms with Gasteiger partial charge in [-0.15, -0.1) is 0 Å². The van der Waals surface area contributed by atoms with Crippen LogP contribution in [0.4, 0.5) is 8.78 Å². The van der Waals surface area contributed by atoms with E-state index in [0.29, 0.717) is 13.1 Å². The minimum Gasteiger partial charge on any atom is -0.354 e. The number of aromatic amines is 1. The fourth-order valence-electron chi connectivity index (χ4n) is 3.06. The van der Waals surface area contributed by atoms with E-state index >= 15 is 0 Å². The Morgan fingerprint density at radius 3 is 2.85 bits per heavy atom. The first-order valence-corrected chi connectivity index (χ1v) is 8.37. The van der Waals surface area contributed by atoms with Gasteiger partial charge < -0.3 is 15.6 Å². The Morgan fingerprint density at radius 1 is 1.35 bits per heavy atom. The molecule has 1 aliphatic heterocycles. The lowest BCUT2D eigenvalue weighted by Gasteiger charge is -2.26. The lowest BCUT2D eigenvalue weighted by molar-refractivity contribution is -0.120. The number of aromatic nitrogens is 1. The number of benzene rings is 1. The van der Waals surface area contributed by atoms with E-state index in [-0.39, 0.29) is 40.8 Å². The van der Waals surface area contributed by atoms with Crippen LogP contribution < -0.4 is 16.2 Å². The molecule has 2 unspecified atom stereocenters. The molecule has 1 amide bonds. The summed E-state index contributed by atoms with van der Waals surface area (Å²) in [5.41, 5.74) is -0.261. The van der Waals surface area contributed by atoms with E-state index in [4.69, 9.17) is 5.26 Å². The highest BCUT2D eigenvalue weighted by molar-refractivity contribution is 5.83. The van der Waals surface area contributed by atoms with Crippen LogP contribution in [0.2, 0.25) is 0 Å². The molecule has 8 heteroatoms. The molecule has 2 atom stereocenters. The van der Waals surface area contributed by atoms with Crippen molar-refractivity contribution in [3.05, 3.63) is 45.8 Å². The number of amides is 1. The molecular formula is C18H18F2N4O2. The zero-order valence-corrected chi connectivity index (χ0v) is 13.9. The number of hydrogen-bond acceptors (Lipinski definition) is 4. The molecule has 1 fully saturated rings. The summed E-state index contributed by atoms with van der Waals surface area (Å²) >= 11 is 0. The highest BCUT2D eigenvalue weighted by atomic mass is 19.2. The van der Waals surface area contributed by atoms with Gasteiger partial charge in [0.25, 0.3) is 5.56 Å². The van der Waals surface area contributed by atoms with Crippen molar-refractivity contribution in [2.45, 2.75) is 25.3 Å². The molecule has 0 aliphatic carbocycles. The Bertz CT molecular complexity index is 927. The number of carbonyl (C=O) groups excluding carboxylic acids is 1. The predicted molar refractivity (Wildman–Crippen MR) is 91.3 cm³/mol. The Balaban J connectivity index is 1.64. The number of piperidine rings is 1. The number of H-pyrrole nitrogens is 1. The molecule has 136 valence electrons. The minimum atomic E-state index is -1.06. The number of carbonyl (C=O) groups is 1. The van der Waals surface area contributed by atoms with E-state index in [1.165, 1.54) is 12.1 Å². The lowest BCUT2D eigenvalue weighted by Crippen LogP contribution is -2.46. The number of nitriles is 1. The average Bonchev–Trinajstić information content (AvgIpc) is 2.65. The fraction of sp³-hybridized carbons (Fsp3) is 0.389. The topological polar surface area (TPSA) is 97.8 Å². The Kier molecular flexibility index (Phi) is 5.28. The monoisotopic (exact) mass is 360 g/mol. The molecule has 26 heavy (non-hydrogen) atoms. The summed E-state index contributed by atoms with van der Waals surface area (Å²) in [7, 11) is 0. The molecule has 3 rings (SSSR count). The van der Waals surface area contributed by atoms with Crippen LogP contribution in [0.3, 0.4) is 0 Å². The van der Waals surface area contributed by atoms with Crippen LogP contribution >= 0.6 is 0 Å². The van der Waals surface area contributed by atoms with Crippen molar-refractivity contribution in [2.24, 2.45) is 5.92 Å². The van der Waals surface area contributed by atoms with Crippen LogP contribution in [0.1, 0.15) is 18.4 Å². The number of nitrogens with zero attached hydrogens (tertiary/aromatic N) is 1. The summed E-state index contributed by atoms with van der Waals surface area (Å²) in [6.45, 7) is 0.970. The van der Waals surface area contributed by atoms with Gasteiger partial charge in [-0.1, -0.05) is 0 Å². The molecule has 1 aromatic heterocycles. The normalized spacial score (nSPS) is 19.9. The maximum atomic E-state index is 13.9. The van der Waals surface area contributed by atoms with E-state index in [1.54, 1.807) is 0 Å². The second-order valence-corrected chi connectivity index (χ2v) is 6.44. The zero-order chi connectivity index (χ0) is 18.7. The molecule has 0 spiro atoms. The van der Waals surface area contributed by atoms with Gasteiger partial charge in [0, 0.05) is 30.1 Å². The van der Waals surface area contributed by atoms with Gasteiger partial charge in [-0.05, 0) is 31.0 Å². The van der Waals surface area contributed by atoms with Crippen molar-refractivity contribution in [1.29, 1.82) is 5.26 Å². The van der Waals surface area contributed by atoms with Gasteiger partial charge in [-0.2, -0.15) is 5.26 Å². The minimum absolute atomic E-state index is 0.00611. The Morgan fingerprint density at radius 2 is 2.15 bits per heavy atom. The first-order chi connectivity index (χ1) is 12.5. The van der Waals surface area contributed by atoms with E-state index in [1.807, 2.05) is 0 Å². The van der Waals surface area contributed by atoms with Gasteiger partial charge >= 0.3 is 0 Å². The number of nitrogens with one attached hydrogen (secondary N) is 3. The van der Waals surface area contributed by atoms with Gasteiger partial charge in [0.15, 0.2) is 11.6 Å². The van der Waals surface area contributed by atoms with Crippen LogP contribution in [0.5, 0.6) is 0 Å². The van der Waals surface area contributed by atoms with Crippen LogP contribution in [-0.2, 0) is 11.2 Å². The second-order valence-electron chi connectivity index (χ2n) is 6.44. The lowest BCUT2D eigenvalue weighted by atomic mass is 9.96. The number of pyridine rings is 1. The van der Waals surface area contributed by atoms with Gasteiger partial charge in [-0.25, -0.2) is 8.78 Å². The van der Waals surface area contributed by atoms with Crippen molar-refractivity contribution in [2.75, 3.05) is 13.1 Å². The maximum Gasteiger partial charge on any atom is 0.252 e. The van der Waals surface area contributed by atoms with Crippen molar-refractivity contribution in [3.8, 4) is 6.07 Å². The molecule has 1 aromatic carbocycles. The SMILES string of the molecule is N#CC1CCC(CNC(=O)Cc2cc3c(F)c(F)ccc3[nH]c2=O)NC1. The fourth-order valence-corrected chi connectivity index (χ4v) is 3.06. The van der Waals surface area contributed by atoms with Crippen molar-refractivity contribution in [3.63, 3.8) is 0 Å².